The Labute approximate surface area is 115 Å². The summed E-state index contributed by atoms with van der Waals surface area (Å²) in [4.78, 5) is 4.11. The Balaban J connectivity index is 2.14. The van der Waals surface area contributed by atoms with Crippen LogP contribution >= 0.6 is 31.9 Å². The first-order chi connectivity index (χ1) is 8.11. The first-order valence-electron chi connectivity index (χ1n) is 5.11. The third kappa shape index (κ3) is 2.78. The lowest BCUT2D eigenvalue weighted by Crippen LogP contribution is -2.09. The van der Waals surface area contributed by atoms with Gasteiger partial charge in [0.2, 0.25) is 0 Å². The molecule has 0 aliphatic carbocycles. The highest BCUT2D eigenvalue weighted by molar-refractivity contribution is 9.13. The summed E-state index contributed by atoms with van der Waals surface area (Å²) >= 11 is 6.54. The monoisotopic (exact) mass is 363 g/mol. The average molecular weight is 365 g/mol. The molecule has 1 N–H and O–H groups in total. The first-order valence-corrected chi connectivity index (χ1v) is 6.70. The van der Waals surface area contributed by atoms with E-state index in [-0.39, 0.29) is 0 Å². The molecule has 0 radical (unpaired) electrons. The second kappa shape index (κ2) is 5.32. The highest BCUT2D eigenvalue weighted by Gasteiger charge is 2.18. The number of furan rings is 1. The number of halogens is 2. The minimum absolute atomic E-state index is 0.375. The van der Waals surface area contributed by atoms with Gasteiger partial charge in [-0.15, -0.1) is 0 Å². The van der Waals surface area contributed by atoms with E-state index in [0.29, 0.717) is 16.9 Å². The average Bonchev–Trinajstić information content (AvgIpc) is 2.86. The summed E-state index contributed by atoms with van der Waals surface area (Å²) in [7, 11) is 0. The molecule has 1 atom stereocenters. The van der Waals surface area contributed by atoms with Crippen molar-refractivity contribution in [2.45, 2.75) is 26.0 Å². The lowest BCUT2D eigenvalue weighted by molar-refractivity contribution is 0.145. The Bertz CT molecular complexity index is 490. The topological polar surface area (TPSA) is 64.1 Å². The van der Waals surface area contributed by atoms with Crippen LogP contribution in [-0.2, 0) is 13.0 Å². The van der Waals surface area contributed by atoms with Gasteiger partial charge in [0.15, 0.2) is 4.67 Å². The molecule has 7 heteroatoms. The Kier molecular flexibility index (Phi) is 4.01. The van der Waals surface area contributed by atoms with Crippen molar-refractivity contribution in [1.29, 1.82) is 0 Å². The molecule has 2 rings (SSSR count). The van der Waals surface area contributed by atoms with Gasteiger partial charge >= 0.3 is 0 Å². The number of nitrogens with zero attached hydrogens (tertiary/aromatic N) is 3. The molecule has 2 aromatic rings. The van der Waals surface area contributed by atoms with Crippen LogP contribution in [0.4, 0.5) is 0 Å². The zero-order valence-corrected chi connectivity index (χ0v) is 12.3. The molecule has 0 spiro atoms. The summed E-state index contributed by atoms with van der Waals surface area (Å²) in [5, 5.41) is 14.1. The van der Waals surface area contributed by atoms with E-state index >= 15 is 0 Å². The lowest BCUT2D eigenvalue weighted by atomic mass is 10.2. The molecule has 2 heterocycles. The summed E-state index contributed by atoms with van der Waals surface area (Å²) in [6.07, 6.45) is 1.13. The highest BCUT2D eigenvalue weighted by Crippen LogP contribution is 2.30. The van der Waals surface area contributed by atoms with Crippen molar-refractivity contribution in [3.63, 3.8) is 0 Å². The molecule has 0 fully saturated rings. The number of aliphatic hydroxyl groups excluding tert-OH is 1. The van der Waals surface area contributed by atoms with Crippen LogP contribution in [0.2, 0.25) is 0 Å². The van der Waals surface area contributed by atoms with Crippen LogP contribution in [-0.4, -0.2) is 19.9 Å². The zero-order chi connectivity index (χ0) is 12.4. The molecule has 5 nitrogen and oxygen atoms in total. The number of aliphatic hydroxyl groups is 1. The number of hydrogen-bond acceptors (Lipinski definition) is 4. The maximum absolute atomic E-state index is 10.0. The van der Waals surface area contributed by atoms with Crippen LogP contribution in [0, 0.1) is 0 Å². The van der Waals surface area contributed by atoms with Crippen LogP contribution in [0.1, 0.15) is 24.6 Å². The van der Waals surface area contributed by atoms with Crippen LogP contribution in [0.15, 0.2) is 26.0 Å². The van der Waals surface area contributed by atoms with E-state index < -0.39 is 6.10 Å². The van der Waals surface area contributed by atoms with E-state index in [0.717, 1.165) is 16.8 Å². The second-order valence-electron chi connectivity index (χ2n) is 3.48. The molecule has 0 aliphatic rings. The van der Waals surface area contributed by atoms with Crippen molar-refractivity contribution < 1.29 is 9.52 Å². The molecule has 0 saturated heterocycles. The summed E-state index contributed by atoms with van der Waals surface area (Å²) in [5.41, 5.74) is 0. The van der Waals surface area contributed by atoms with Crippen molar-refractivity contribution in [2.75, 3.05) is 0 Å². The molecule has 2 aromatic heterocycles. The van der Waals surface area contributed by atoms with Crippen LogP contribution in [0.3, 0.4) is 0 Å². The number of aromatic nitrogens is 3. The fourth-order valence-electron chi connectivity index (χ4n) is 1.51. The van der Waals surface area contributed by atoms with Crippen molar-refractivity contribution in [2.24, 2.45) is 0 Å². The fraction of sp³-hybridized carbons (Fsp3) is 0.400. The number of rotatable bonds is 4. The largest absolute Gasteiger partial charge is 0.450 e. The Morgan fingerprint density at radius 2 is 2.29 bits per heavy atom. The van der Waals surface area contributed by atoms with Gasteiger partial charge in [-0.1, -0.05) is 0 Å². The fourth-order valence-corrected chi connectivity index (χ4v) is 2.12. The van der Waals surface area contributed by atoms with E-state index in [9.17, 15) is 5.11 Å². The van der Waals surface area contributed by atoms with Gasteiger partial charge in [-0.05, 0) is 44.8 Å². The lowest BCUT2D eigenvalue weighted by Gasteiger charge is -2.07. The zero-order valence-electron chi connectivity index (χ0n) is 9.10. The van der Waals surface area contributed by atoms with Gasteiger partial charge in [-0.25, -0.2) is 4.98 Å². The maximum atomic E-state index is 10.0. The quantitative estimate of drug-likeness (QED) is 0.905. The Hall–Kier alpha value is -0.660. The molecule has 92 valence electrons. The van der Waals surface area contributed by atoms with Gasteiger partial charge in [0.05, 0.1) is 4.47 Å². The molecule has 0 amide bonds. The van der Waals surface area contributed by atoms with Gasteiger partial charge in [-0.3, -0.25) is 4.68 Å². The van der Waals surface area contributed by atoms with Gasteiger partial charge in [0.1, 0.15) is 24.0 Å². The summed E-state index contributed by atoms with van der Waals surface area (Å²) in [6, 6.07) is 1.74. The summed E-state index contributed by atoms with van der Waals surface area (Å²) in [5.74, 6) is 1.23. The van der Waals surface area contributed by atoms with Crippen LogP contribution in [0.25, 0.3) is 0 Å². The smallest absolute Gasteiger partial charge is 0.183 e. The predicted molar refractivity (Wildman–Crippen MR) is 68.5 cm³/mol. The van der Waals surface area contributed by atoms with E-state index in [4.69, 9.17) is 4.42 Å². The predicted octanol–water partition coefficient (Wildman–Crippen LogP) is 2.69. The minimum Gasteiger partial charge on any atom is -0.450 e. The third-order valence-electron chi connectivity index (χ3n) is 2.36. The Morgan fingerprint density at radius 1 is 1.53 bits per heavy atom. The molecule has 0 aliphatic heterocycles. The van der Waals surface area contributed by atoms with E-state index in [1.807, 2.05) is 6.92 Å². The summed E-state index contributed by atoms with van der Waals surface area (Å²) < 4.78 is 8.46. The number of aryl methyl sites for hydroxylation is 1. The van der Waals surface area contributed by atoms with E-state index in [2.05, 4.69) is 41.9 Å². The molecule has 1 unspecified atom stereocenters. The molecule has 0 bridgehead atoms. The van der Waals surface area contributed by atoms with Gasteiger partial charge in [0.25, 0.3) is 0 Å². The first kappa shape index (κ1) is 12.8. The number of hydrogen-bond donors (Lipinski definition) is 1. The van der Waals surface area contributed by atoms with Crippen molar-refractivity contribution in [3.8, 4) is 0 Å². The van der Waals surface area contributed by atoms with Crippen LogP contribution < -0.4 is 0 Å². The minimum atomic E-state index is -0.730. The molecule has 0 saturated carbocycles. The molecular formula is C10H11Br2N3O2. The summed E-state index contributed by atoms with van der Waals surface area (Å²) in [6.45, 7) is 2.71. The molecule has 0 aromatic carbocycles. The normalized spacial score (nSPS) is 12.9. The maximum Gasteiger partial charge on any atom is 0.183 e. The van der Waals surface area contributed by atoms with Gasteiger partial charge < -0.3 is 9.52 Å². The highest BCUT2D eigenvalue weighted by atomic mass is 79.9. The SMILES string of the molecule is CCn1ncnc1CC(O)c1cc(Br)c(Br)o1. The Morgan fingerprint density at radius 3 is 2.88 bits per heavy atom. The van der Waals surface area contributed by atoms with Crippen LogP contribution in [0.5, 0.6) is 0 Å². The van der Waals surface area contributed by atoms with E-state index in [1.165, 1.54) is 6.33 Å². The second-order valence-corrected chi connectivity index (χ2v) is 5.06. The molecule has 17 heavy (non-hydrogen) atoms. The van der Waals surface area contributed by atoms with Crippen molar-refractivity contribution in [3.05, 3.63) is 33.1 Å². The van der Waals surface area contributed by atoms with Gasteiger partial charge in [-0.2, -0.15) is 5.10 Å². The molecular weight excluding hydrogens is 354 g/mol. The van der Waals surface area contributed by atoms with E-state index in [1.54, 1.807) is 10.7 Å². The third-order valence-corrected chi connectivity index (χ3v) is 4.07. The van der Waals surface area contributed by atoms with Crippen molar-refractivity contribution in [1.82, 2.24) is 14.8 Å². The standard InChI is InChI=1S/C10H11Br2N3O2/c1-2-15-9(13-5-14-15)4-7(16)8-3-6(11)10(12)17-8/h3,5,7,16H,2,4H2,1H3. The van der Waals surface area contributed by atoms with Crippen molar-refractivity contribution >= 4 is 31.9 Å². The van der Waals surface area contributed by atoms with Gasteiger partial charge in [0, 0.05) is 13.0 Å².